The second kappa shape index (κ2) is 9.72. The van der Waals surface area contributed by atoms with Gasteiger partial charge >= 0.3 is 12.0 Å². The van der Waals surface area contributed by atoms with E-state index in [2.05, 4.69) is 15.1 Å². The number of phenolic OH excluding ortho intramolecular Hbond substituents is 2. The number of carbonyl (C=O) groups is 1. The molecule has 9 nitrogen and oxygen atoms in total. The quantitative estimate of drug-likeness (QED) is 0.453. The first-order valence-electron chi connectivity index (χ1n) is 11.4. The van der Waals surface area contributed by atoms with Crippen LogP contribution in [0.5, 0.6) is 17.5 Å². The molecule has 4 rings (SSSR count). The largest absolute Gasteiger partial charge is 0.508 e. The molecule has 9 heteroatoms. The van der Waals surface area contributed by atoms with E-state index < -0.39 is 0 Å². The van der Waals surface area contributed by atoms with Gasteiger partial charge in [0.25, 0.3) is 0 Å². The summed E-state index contributed by atoms with van der Waals surface area (Å²) in [6.45, 7) is 5.68. The molecule has 2 aromatic carbocycles. The van der Waals surface area contributed by atoms with Crippen molar-refractivity contribution in [3.05, 3.63) is 53.1 Å². The molecule has 0 bridgehead atoms. The fourth-order valence-corrected chi connectivity index (χ4v) is 4.46. The lowest BCUT2D eigenvalue weighted by Gasteiger charge is -2.22. The molecule has 1 saturated heterocycles. The summed E-state index contributed by atoms with van der Waals surface area (Å²) in [5.74, 6) is 0.0132. The van der Waals surface area contributed by atoms with Crippen molar-refractivity contribution in [2.75, 3.05) is 13.7 Å². The first-order valence-corrected chi connectivity index (χ1v) is 11.4. The first kappa shape index (κ1) is 23.6. The van der Waals surface area contributed by atoms with Gasteiger partial charge in [-0.15, -0.1) is 5.10 Å². The zero-order valence-electron chi connectivity index (χ0n) is 19.6. The summed E-state index contributed by atoms with van der Waals surface area (Å²) >= 11 is 0. The Morgan fingerprint density at radius 2 is 1.74 bits per heavy atom. The maximum Gasteiger partial charge on any atom is 0.323 e. The minimum Gasteiger partial charge on any atom is -0.508 e. The molecule has 1 aliphatic heterocycles. The predicted molar refractivity (Wildman–Crippen MR) is 126 cm³/mol. The summed E-state index contributed by atoms with van der Waals surface area (Å²) in [6.07, 6.45) is 1.78. The van der Waals surface area contributed by atoms with Gasteiger partial charge < -0.3 is 20.1 Å². The number of benzene rings is 2. The van der Waals surface area contributed by atoms with Crippen LogP contribution in [0.1, 0.15) is 49.3 Å². The number of hydrogen-bond acceptors (Lipinski definition) is 8. The Balaban J connectivity index is 1.54. The van der Waals surface area contributed by atoms with E-state index in [1.807, 2.05) is 38.1 Å². The van der Waals surface area contributed by atoms with Crippen molar-refractivity contribution in [1.82, 2.24) is 19.7 Å². The Morgan fingerprint density at radius 3 is 2.38 bits per heavy atom. The van der Waals surface area contributed by atoms with Crippen LogP contribution in [0.4, 0.5) is 0 Å². The van der Waals surface area contributed by atoms with E-state index in [0.29, 0.717) is 30.0 Å². The van der Waals surface area contributed by atoms with Crippen LogP contribution in [0.3, 0.4) is 0 Å². The zero-order valence-corrected chi connectivity index (χ0v) is 19.6. The Hall–Kier alpha value is -3.59. The first-order chi connectivity index (χ1) is 16.3. The van der Waals surface area contributed by atoms with E-state index in [4.69, 9.17) is 4.74 Å². The summed E-state index contributed by atoms with van der Waals surface area (Å²) in [5.41, 5.74) is 3.03. The smallest absolute Gasteiger partial charge is 0.323 e. The molecule has 0 spiro atoms. The molecule has 3 aromatic rings. The lowest BCUT2D eigenvalue weighted by molar-refractivity contribution is -0.146. The van der Waals surface area contributed by atoms with Gasteiger partial charge in [0.15, 0.2) is 5.82 Å². The Labute approximate surface area is 198 Å². The van der Waals surface area contributed by atoms with Crippen LogP contribution in [-0.4, -0.2) is 60.6 Å². The van der Waals surface area contributed by atoms with E-state index in [-0.39, 0.29) is 35.4 Å². The Bertz CT molecular complexity index is 1170. The molecule has 1 aliphatic rings. The summed E-state index contributed by atoms with van der Waals surface area (Å²) < 4.78 is 6.44. The number of hydrogen-bond donors (Lipinski definition) is 3. The molecule has 0 aliphatic carbocycles. The molecular formula is C25H30N4O5. The van der Waals surface area contributed by atoms with Crippen molar-refractivity contribution < 1.29 is 24.9 Å². The van der Waals surface area contributed by atoms with E-state index >= 15 is 0 Å². The molecule has 0 saturated carbocycles. The third kappa shape index (κ3) is 4.70. The van der Waals surface area contributed by atoms with Crippen LogP contribution in [0, 0.1) is 0 Å². The molecule has 1 atom stereocenters. The zero-order chi connectivity index (χ0) is 24.4. The van der Waals surface area contributed by atoms with E-state index in [0.717, 1.165) is 30.5 Å². The number of nitrogens with zero attached hydrogens (tertiary/aromatic N) is 4. The van der Waals surface area contributed by atoms with Crippen molar-refractivity contribution in [2.45, 2.75) is 51.7 Å². The van der Waals surface area contributed by atoms with Crippen LogP contribution >= 0.6 is 0 Å². The van der Waals surface area contributed by atoms with Crippen molar-refractivity contribution in [2.24, 2.45) is 0 Å². The fourth-order valence-electron chi connectivity index (χ4n) is 4.46. The molecule has 34 heavy (non-hydrogen) atoms. The normalized spacial score (nSPS) is 16.3. The van der Waals surface area contributed by atoms with Crippen molar-refractivity contribution >= 4 is 5.97 Å². The van der Waals surface area contributed by atoms with Gasteiger partial charge in [-0.05, 0) is 48.1 Å². The van der Waals surface area contributed by atoms with Crippen molar-refractivity contribution in [3.63, 3.8) is 0 Å². The second-order valence-corrected chi connectivity index (χ2v) is 8.96. The molecule has 2 heterocycles. The van der Waals surface area contributed by atoms with Crippen LogP contribution in [-0.2, 0) is 22.6 Å². The average molecular weight is 467 g/mol. The van der Waals surface area contributed by atoms with Crippen molar-refractivity contribution in [3.8, 4) is 28.9 Å². The number of rotatable bonds is 7. The molecule has 1 unspecified atom stereocenters. The van der Waals surface area contributed by atoms with Crippen LogP contribution in [0.15, 0.2) is 36.4 Å². The third-order valence-corrected chi connectivity index (χ3v) is 6.33. The van der Waals surface area contributed by atoms with E-state index in [1.165, 1.54) is 17.7 Å². The lowest BCUT2D eigenvalue weighted by atomic mass is 9.98. The van der Waals surface area contributed by atoms with Gasteiger partial charge in [0, 0.05) is 12.6 Å². The SMILES string of the molecule is COC(=O)C1CCCN1Cc1ccc(Cn2c(O)nnc2-c2cc(C(C)C)c(O)cc2O)cc1. The topological polar surface area (TPSA) is 121 Å². The maximum absolute atomic E-state index is 12.0. The van der Waals surface area contributed by atoms with Crippen molar-refractivity contribution in [1.29, 1.82) is 0 Å². The average Bonchev–Trinajstić information content (AvgIpc) is 3.41. The molecule has 1 aromatic heterocycles. The number of methoxy groups -OCH3 is 1. The second-order valence-electron chi connectivity index (χ2n) is 8.96. The molecule has 3 N–H and O–H groups in total. The van der Waals surface area contributed by atoms with Gasteiger partial charge in [0.2, 0.25) is 0 Å². The minimum atomic E-state index is -0.268. The number of aromatic nitrogens is 3. The van der Waals surface area contributed by atoms with Gasteiger partial charge in [-0.2, -0.15) is 0 Å². The Morgan fingerprint density at radius 1 is 1.06 bits per heavy atom. The number of phenols is 2. The molecule has 1 fully saturated rings. The fraction of sp³-hybridized carbons (Fsp3) is 0.400. The predicted octanol–water partition coefficient (Wildman–Crippen LogP) is 3.37. The summed E-state index contributed by atoms with van der Waals surface area (Å²) in [4.78, 5) is 14.1. The van der Waals surface area contributed by atoms with E-state index in [9.17, 15) is 20.1 Å². The lowest BCUT2D eigenvalue weighted by Crippen LogP contribution is -2.36. The monoisotopic (exact) mass is 466 g/mol. The summed E-state index contributed by atoms with van der Waals surface area (Å²) in [7, 11) is 1.42. The van der Waals surface area contributed by atoms with Gasteiger partial charge in [-0.3, -0.25) is 14.3 Å². The third-order valence-electron chi connectivity index (χ3n) is 6.33. The molecule has 0 radical (unpaired) electrons. The van der Waals surface area contributed by atoms with Gasteiger partial charge in [0.1, 0.15) is 17.5 Å². The van der Waals surface area contributed by atoms with Crippen LogP contribution < -0.4 is 0 Å². The molecular weight excluding hydrogens is 436 g/mol. The highest BCUT2D eigenvalue weighted by Crippen LogP contribution is 2.38. The standard InChI is InChI=1S/C25H30N4O5/c1-15(2)18-11-19(22(31)12-21(18)30)23-26-27-25(33)29(23)14-17-8-6-16(7-9-17)13-28-10-4-5-20(28)24(32)34-3/h6-9,11-12,15,20,30-31H,4-5,10,13-14H2,1-3H3,(H,27,33). The van der Waals surface area contributed by atoms with Gasteiger partial charge in [0.05, 0.1) is 19.2 Å². The number of likely N-dealkylation sites (tertiary alicyclic amines) is 1. The highest BCUT2D eigenvalue weighted by atomic mass is 16.5. The summed E-state index contributed by atoms with van der Waals surface area (Å²) in [6, 6.07) is 10.4. The molecule has 0 amide bonds. The highest BCUT2D eigenvalue weighted by Gasteiger charge is 2.31. The number of esters is 1. The highest BCUT2D eigenvalue weighted by molar-refractivity contribution is 5.76. The van der Waals surface area contributed by atoms with Crippen LogP contribution in [0.2, 0.25) is 0 Å². The number of ether oxygens (including phenoxy) is 1. The minimum absolute atomic E-state index is 0.00886. The summed E-state index contributed by atoms with van der Waals surface area (Å²) in [5, 5.41) is 38.8. The van der Waals surface area contributed by atoms with Gasteiger partial charge in [-0.1, -0.05) is 43.2 Å². The number of carbonyl (C=O) groups excluding carboxylic acids is 1. The Kier molecular flexibility index (Phi) is 6.74. The maximum atomic E-state index is 12.0. The molecule has 180 valence electrons. The van der Waals surface area contributed by atoms with E-state index in [1.54, 1.807) is 6.07 Å². The number of aromatic hydroxyl groups is 3. The van der Waals surface area contributed by atoms with Gasteiger partial charge in [-0.25, -0.2) is 0 Å². The van der Waals surface area contributed by atoms with Crippen LogP contribution in [0.25, 0.3) is 11.4 Å².